The first-order valence-corrected chi connectivity index (χ1v) is 9.73. The molecule has 1 atom stereocenters. The molecule has 1 N–H and O–H groups in total. The number of guanidine groups is 1. The third-order valence-corrected chi connectivity index (χ3v) is 5.75. The normalized spacial score (nSPS) is 29.0. The summed E-state index contributed by atoms with van der Waals surface area (Å²) in [5.74, 6) is 1.10. The second-order valence-electron chi connectivity index (χ2n) is 7.71. The number of likely N-dealkylation sites (tertiary alicyclic amines) is 1. The summed E-state index contributed by atoms with van der Waals surface area (Å²) in [6.45, 7) is 13.9. The van der Waals surface area contributed by atoms with Crippen LogP contribution in [0.5, 0.6) is 0 Å². The first-order valence-electron chi connectivity index (χ1n) is 9.73. The number of hydrogen-bond acceptors (Lipinski definition) is 4. The van der Waals surface area contributed by atoms with E-state index in [2.05, 4.69) is 34.0 Å². The number of nitrogens with zero attached hydrogens (tertiary/aromatic N) is 4. The summed E-state index contributed by atoms with van der Waals surface area (Å²) < 4.78 is 5.65. The van der Waals surface area contributed by atoms with E-state index in [1.54, 1.807) is 0 Å². The molecule has 0 aliphatic carbocycles. The van der Waals surface area contributed by atoms with E-state index in [-0.39, 0.29) is 24.0 Å². The van der Waals surface area contributed by atoms with E-state index < -0.39 is 0 Å². The molecular weight excluding hydrogens is 429 g/mol. The van der Waals surface area contributed by atoms with Crippen molar-refractivity contribution in [2.24, 2.45) is 10.4 Å². The van der Waals surface area contributed by atoms with Crippen molar-refractivity contribution in [1.29, 1.82) is 0 Å². The molecule has 0 aromatic heterocycles. The fraction of sp³-hybridized carbons (Fsp3) is 0.944. The second-order valence-corrected chi connectivity index (χ2v) is 7.71. The van der Waals surface area contributed by atoms with Crippen molar-refractivity contribution in [3.05, 3.63) is 0 Å². The third kappa shape index (κ3) is 5.94. The quantitative estimate of drug-likeness (QED) is 0.386. The maximum absolute atomic E-state index is 5.65. The zero-order valence-corrected chi connectivity index (χ0v) is 18.3. The van der Waals surface area contributed by atoms with Gasteiger partial charge in [-0.25, -0.2) is 0 Å². The maximum atomic E-state index is 5.65. The molecule has 0 amide bonds. The molecule has 3 heterocycles. The zero-order valence-electron chi connectivity index (χ0n) is 16.0. The van der Waals surface area contributed by atoms with Crippen LogP contribution in [0.15, 0.2) is 4.99 Å². The molecule has 3 aliphatic rings. The zero-order chi connectivity index (χ0) is 16.8. The minimum absolute atomic E-state index is 0. The number of likely N-dealkylation sites (N-methyl/N-ethyl adjacent to an activating group) is 1. The lowest BCUT2D eigenvalue weighted by Gasteiger charge is -2.25. The largest absolute Gasteiger partial charge is 0.381 e. The molecule has 25 heavy (non-hydrogen) atoms. The highest BCUT2D eigenvalue weighted by molar-refractivity contribution is 14.0. The van der Waals surface area contributed by atoms with Crippen LogP contribution in [0, 0.1) is 5.41 Å². The molecule has 0 saturated carbocycles. The summed E-state index contributed by atoms with van der Waals surface area (Å²) in [6, 6.07) is 0. The SMILES string of the molecule is CCNC(=NCCN1CCCN(C)CC1)N1CCC2(CCOC2)C1.I. The van der Waals surface area contributed by atoms with E-state index in [0.717, 1.165) is 51.9 Å². The van der Waals surface area contributed by atoms with Crippen molar-refractivity contribution in [3.63, 3.8) is 0 Å². The van der Waals surface area contributed by atoms with Gasteiger partial charge in [-0.05, 0) is 46.3 Å². The number of aliphatic imine (C=N–C) groups is 1. The van der Waals surface area contributed by atoms with Crippen LogP contribution in [-0.2, 0) is 4.74 Å². The lowest BCUT2D eigenvalue weighted by atomic mass is 9.87. The minimum Gasteiger partial charge on any atom is -0.381 e. The third-order valence-electron chi connectivity index (χ3n) is 5.75. The fourth-order valence-electron chi connectivity index (χ4n) is 4.13. The summed E-state index contributed by atoms with van der Waals surface area (Å²) in [5.41, 5.74) is 0.394. The minimum atomic E-state index is 0. The van der Waals surface area contributed by atoms with Gasteiger partial charge in [0.1, 0.15) is 0 Å². The molecule has 0 aromatic carbocycles. The van der Waals surface area contributed by atoms with Crippen molar-refractivity contribution in [1.82, 2.24) is 20.0 Å². The summed E-state index contributed by atoms with van der Waals surface area (Å²) in [4.78, 5) is 12.4. The molecule has 3 fully saturated rings. The van der Waals surface area contributed by atoms with E-state index in [9.17, 15) is 0 Å². The summed E-state index contributed by atoms with van der Waals surface area (Å²) >= 11 is 0. The predicted octanol–water partition coefficient (Wildman–Crippen LogP) is 1.32. The molecule has 1 spiro atoms. The molecule has 6 nitrogen and oxygen atoms in total. The Balaban J connectivity index is 0.00000225. The number of nitrogens with one attached hydrogen (secondary N) is 1. The molecule has 3 saturated heterocycles. The van der Waals surface area contributed by atoms with Crippen LogP contribution in [0.25, 0.3) is 0 Å². The number of halogens is 1. The lowest BCUT2D eigenvalue weighted by Crippen LogP contribution is -2.42. The Morgan fingerprint density at radius 3 is 2.80 bits per heavy atom. The first-order chi connectivity index (χ1) is 11.7. The van der Waals surface area contributed by atoms with Crippen LogP contribution >= 0.6 is 24.0 Å². The second kappa shape index (κ2) is 10.3. The predicted molar refractivity (Wildman–Crippen MR) is 114 cm³/mol. The van der Waals surface area contributed by atoms with E-state index in [1.807, 2.05) is 0 Å². The van der Waals surface area contributed by atoms with Gasteiger partial charge >= 0.3 is 0 Å². The van der Waals surface area contributed by atoms with Gasteiger partial charge in [-0.2, -0.15) is 0 Å². The Labute approximate surface area is 170 Å². The Morgan fingerprint density at radius 2 is 2.04 bits per heavy atom. The summed E-state index contributed by atoms with van der Waals surface area (Å²) in [7, 11) is 2.22. The van der Waals surface area contributed by atoms with Crippen molar-refractivity contribution >= 4 is 29.9 Å². The Morgan fingerprint density at radius 1 is 1.16 bits per heavy atom. The van der Waals surface area contributed by atoms with Crippen molar-refractivity contribution in [3.8, 4) is 0 Å². The fourth-order valence-corrected chi connectivity index (χ4v) is 4.13. The lowest BCUT2D eigenvalue weighted by molar-refractivity contribution is 0.156. The van der Waals surface area contributed by atoms with Crippen LogP contribution in [0.1, 0.15) is 26.2 Å². The van der Waals surface area contributed by atoms with Gasteiger partial charge < -0.3 is 24.8 Å². The molecule has 0 radical (unpaired) electrons. The number of rotatable bonds is 4. The van der Waals surface area contributed by atoms with E-state index in [4.69, 9.17) is 9.73 Å². The molecule has 7 heteroatoms. The molecule has 0 aromatic rings. The molecule has 0 bridgehead atoms. The van der Waals surface area contributed by atoms with Crippen molar-refractivity contribution in [2.45, 2.75) is 26.2 Å². The number of hydrogen-bond donors (Lipinski definition) is 1. The molecular formula is C18H36IN5O. The molecule has 3 rings (SSSR count). The van der Waals surface area contributed by atoms with Crippen LogP contribution in [-0.4, -0.2) is 99.8 Å². The van der Waals surface area contributed by atoms with Crippen molar-refractivity contribution in [2.75, 3.05) is 79.2 Å². The van der Waals surface area contributed by atoms with E-state index in [0.29, 0.717) is 5.41 Å². The molecule has 146 valence electrons. The first kappa shape index (κ1) is 21.2. The van der Waals surface area contributed by atoms with E-state index >= 15 is 0 Å². The average Bonchev–Trinajstić information content (AvgIpc) is 3.16. The van der Waals surface area contributed by atoms with Gasteiger partial charge in [0.2, 0.25) is 0 Å². The summed E-state index contributed by atoms with van der Waals surface area (Å²) in [5, 5.41) is 3.50. The smallest absolute Gasteiger partial charge is 0.193 e. The Bertz CT molecular complexity index is 428. The molecule has 3 aliphatic heterocycles. The highest BCUT2D eigenvalue weighted by atomic mass is 127. The highest BCUT2D eigenvalue weighted by Gasteiger charge is 2.42. The number of ether oxygens (including phenoxy) is 1. The molecule has 1 unspecified atom stereocenters. The van der Waals surface area contributed by atoms with Crippen LogP contribution in [0.3, 0.4) is 0 Å². The van der Waals surface area contributed by atoms with E-state index in [1.165, 1.54) is 45.4 Å². The van der Waals surface area contributed by atoms with Gasteiger partial charge in [0.15, 0.2) is 5.96 Å². The topological polar surface area (TPSA) is 43.3 Å². The Kier molecular flexibility index (Phi) is 8.71. The van der Waals surface area contributed by atoms with Crippen LogP contribution < -0.4 is 5.32 Å². The maximum Gasteiger partial charge on any atom is 0.193 e. The van der Waals surface area contributed by atoms with Crippen LogP contribution in [0.4, 0.5) is 0 Å². The Hall–Kier alpha value is -0.120. The monoisotopic (exact) mass is 465 g/mol. The highest BCUT2D eigenvalue weighted by Crippen LogP contribution is 2.38. The standard InChI is InChI=1S/C18H35N5O.HI/c1-3-19-17(23-10-5-18(15-23)6-14-24-16-18)20-7-11-22-9-4-8-21(2)12-13-22;/h3-16H2,1-2H3,(H,19,20);1H. The average molecular weight is 465 g/mol. The van der Waals surface area contributed by atoms with Gasteiger partial charge in [-0.1, -0.05) is 0 Å². The van der Waals surface area contributed by atoms with Crippen LogP contribution in [0.2, 0.25) is 0 Å². The van der Waals surface area contributed by atoms with Crippen molar-refractivity contribution < 1.29 is 4.74 Å². The van der Waals surface area contributed by atoms with Gasteiger partial charge in [0.05, 0.1) is 13.2 Å². The van der Waals surface area contributed by atoms with Gasteiger partial charge in [0.25, 0.3) is 0 Å². The summed E-state index contributed by atoms with van der Waals surface area (Å²) in [6.07, 6.45) is 3.73. The van der Waals surface area contributed by atoms with Gasteiger partial charge in [-0.3, -0.25) is 4.99 Å². The van der Waals surface area contributed by atoms with Gasteiger partial charge in [0, 0.05) is 51.3 Å². The van der Waals surface area contributed by atoms with Gasteiger partial charge in [-0.15, -0.1) is 24.0 Å².